The standard InChI is InChI=1S/C27H35N3O5/c1-21(31)29(11-7-9-22-8-5-6-10-26(22)35-4)15-12-28-13-16-30(17-14-28)27(32)23-18-24(33-2)20-25(19-23)34-3/h5-10,18-20H,11-17H2,1-4H3/b9-7+. The summed E-state index contributed by atoms with van der Waals surface area (Å²) in [5.41, 5.74) is 1.53. The zero-order valence-electron chi connectivity index (χ0n) is 21.0. The molecule has 1 saturated heterocycles. The van der Waals surface area contributed by atoms with Crippen LogP contribution in [-0.4, -0.2) is 93.7 Å². The van der Waals surface area contributed by atoms with Crippen LogP contribution in [0.15, 0.2) is 48.5 Å². The molecule has 0 atom stereocenters. The minimum absolute atomic E-state index is 0.0336. The maximum absolute atomic E-state index is 13.0. The molecule has 0 bridgehead atoms. The number of benzene rings is 2. The van der Waals surface area contributed by atoms with Gasteiger partial charge in [-0.15, -0.1) is 0 Å². The summed E-state index contributed by atoms with van der Waals surface area (Å²) >= 11 is 0. The summed E-state index contributed by atoms with van der Waals surface area (Å²) in [6, 6.07) is 13.0. The molecule has 2 amide bonds. The van der Waals surface area contributed by atoms with E-state index in [0.717, 1.165) is 30.9 Å². The lowest BCUT2D eigenvalue weighted by Crippen LogP contribution is -2.50. The SMILES string of the molecule is COc1cc(OC)cc(C(=O)N2CCN(CCN(C/C=C/c3ccccc3OC)C(C)=O)CC2)c1. The molecule has 188 valence electrons. The second-order valence-electron chi connectivity index (χ2n) is 8.34. The molecular formula is C27H35N3O5. The molecule has 0 radical (unpaired) electrons. The highest BCUT2D eigenvalue weighted by Gasteiger charge is 2.23. The lowest BCUT2D eigenvalue weighted by molar-refractivity contribution is -0.128. The predicted molar refractivity (Wildman–Crippen MR) is 136 cm³/mol. The van der Waals surface area contributed by atoms with Crippen molar-refractivity contribution in [3.05, 3.63) is 59.7 Å². The van der Waals surface area contributed by atoms with Crippen LogP contribution in [0.5, 0.6) is 17.2 Å². The zero-order chi connectivity index (χ0) is 25.2. The molecule has 1 fully saturated rings. The van der Waals surface area contributed by atoms with Crippen LogP contribution in [0.3, 0.4) is 0 Å². The van der Waals surface area contributed by atoms with Gasteiger partial charge in [-0.05, 0) is 18.2 Å². The Morgan fingerprint density at radius 2 is 1.60 bits per heavy atom. The Hall–Kier alpha value is -3.52. The van der Waals surface area contributed by atoms with E-state index < -0.39 is 0 Å². The highest BCUT2D eigenvalue weighted by molar-refractivity contribution is 5.95. The van der Waals surface area contributed by atoms with Crippen LogP contribution in [-0.2, 0) is 4.79 Å². The second-order valence-corrected chi connectivity index (χ2v) is 8.34. The molecule has 2 aromatic carbocycles. The van der Waals surface area contributed by atoms with E-state index in [0.29, 0.717) is 43.2 Å². The first-order chi connectivity index (χ1) is 16.9. The fraction of sp³-hybridized carbons (Fsp3) is 0.407. The van der Waals surface area contributed by atoms with E-state index in [4.69, 9.17) is 14.2 Å². The van der Waals surface area contributed by atoms with Gasteiger partial charge in [0.1, 0.15) is 17.2 Å². The zero-order valence-corrected chi connectivity index (χ0v) is 21.0. The molecule has 8 nitrogen and oxygen atoms in total. The number of rotatable bonds is 10. The molecule has 0 spiro atoms. The van der Waals surface area contributed by atoms with E-state index in [1.54, 1.807) is 46.5 Å². The van der Waals surface area contributed by atoms with Gasteiger partial charge in [0.15, 0.2) is 0 Å². The molecule has 0 aliphatic carbocycles. The maximum Gasteiger partial charge on any atom is 0.254 e. The van der Waals surface area contributed by atoms with Gasteiger partial charge in [-0.25, -0.2) is 0 Å². The number of methoxy groups -OCH3 is 3. The normalized spacial score (nSPS) is 14.1. The van der Waals surface area contributed by atoms with Crippen molar-refractivity contribution < 1.29 is 23.8 Å². The molecular weight excluding hydrogens is 446 g/mol. The fourth-order valence-electron chi connectivity index (χ4n) is 4.04. The van der Waals surface area contributed by atoms with Gasteiger partial charge < -0.3 is 24.0 Å². The number of nitrogens with zero attached hydrogens (tertiary/aromatic N) is 3. The second kappa shape index (κ2) is 12.8. The van der Waals surface area contributed by atoms with Gasteiger partial charge in [0.25, 0.3) is 5.91 Å². The van der Waals surface area contributed by atoms with Crippen LogP contribution in [0.1, 0.15) is 22.8 Å². The molecule has 3 rings (SSSR count). The van der Waals surface area contributed by atoms with E-state index >= 15 is 0 Å². The van der Waals surface area contributed by atoms with Crippen molar-refractivity contribution in [1.29, 1.82) is 0 Å². The van der Waals surface area contributed by atoms with Crippen molar-refractivity contribution in [1.82, 2.24) is 14.7 Å². The smallest absolute Gasteiger partial charge is 0.254 e. The van der Waals surface area contributed by atoms with Gasteiger partial charge in [-0.3, -0.25) is 14.5 Å². The number of ether oxygens (including phenoxy) is 3. The minimum Gasteiger partial charge on any atom is -0.497 e. The highest BCUT2D eigenvalue weighted by Crippen LogP contribution is 2.24. The third-order valence-electron chi connectivity index (χ3n) is 6.15. The number of para-hydroxylation sites is 1. The lowest BCUT2D eigenvalue weighted by atomic mass is 10.1. The van der Waals surface area contributed by atoms with Gasteiger partial charge in [-0.2, -0.15) is 0 Å². The largest absolute Gasteiger partial charge is 0.497 e. The van der Waals surface area contributed by atoms with Crippen molar-refractivity contribution in [2.45, 2.75) is 6.92 Å². The monoisotopic (exact) mass is 481 g/mol. The number of hydrogen-bond acceptors (Lipinski definition) is 6. The Morgan fingerprint density at radius 1 is 0.943 bits per heavy atom. The Morgan fingerprint density at radius 3 is 2.20 bits per heavy atom. The Kier molecular flexibility index (Phi) is 9.55. The third-order valence-corrected chi connectivity index (χ3v) is 6.15. The number of carbonyl (C=O) groups excluding carboxylic acids is 2. The molecule has 1 aliphatic heterocycles. The van der Waals surface area contributed by atoms with E-state index in [2.05, 4.69) is 4.90 Å². The van der Waals surface area contributed by atoms with Crippen LogP contribution in [0.4, 0.5) is 0 Å². The van der Waals surface area contributed by atoms with Crippen molar-refractivity contribution >= 4 is 17.9 Å². The summed E-state index contributed by atoms with van der Waals surface area (Å²) < 4.78 is 16.0. The Bertz CT molecular complexity index is 1010. The summed E-state index contributed by atoms with van der Waals surface area (Å²) in [6.45, 7) is 6.30. The van der Waals surface area contributed by atoms with E-state index in [-0.39, 0.29) is 11.8 Å². The summed E-state index contributed by atoms with van der Waals surface area (Å²) in [4.78, 5) is 31.1. The minimum atomic E-state index is -0.0336. The predicted octanol–water partition coefficient (Wildman–Crippen LogP) is 3.03. The molecule has 0 unspecified atom stereocenters. The van der Waals surface area contributed by atoms with Crippen LogP contribution in [0.2, 0.25) is 0 Å². The molecule has 0 N–H and O–H groups in total. The number of amides is 2. The maximum atomic E-state index is 13.0. The number of piperazine rings is 1. The van der Waals surface area contributed by atoms with Crippen molar-refractivity contribution in [3.8, 4) is 17.2 Å². The molecule has 2 aromatic rings. The first kappa shape index (κ1) is 26.1. The molecule has 1 heterocycles. The lowest BCUT2D eigenvalue weighted by Gasteiger charge is -2.35. The quantitative estimate of drug-likeness (QED) is 0.520. The van der Waals surface area contributed by atoms with Crippen molar-refractivity contribution in [3.63, 3.8) is 0 Å². The average Bonchev–Trinajstić information content (AvgIpc) is 2.90. The van der Waals surface area contributed by atoms with Crippen LogP contribution >= 0.6 is 0 Å². The Balaban J connectivity index is 1.50. The van der Waals surface area contributed by atoms with Gasteiger partial charge in [0.05, 0.1) is 21.3 Å². The Labute approximate surface area is 207 Å². The summed E-state index contributed by atoms with van der Waals surface area (Å²) in [5, 5.41) is 0. The fourth-order valence-corrected chi connectivity index (χ4v) is 4.04. The molecule has 35 heavy (non-hydrogen) atoms. The van der Waals surface area contributed by atoms with E-state index in [1.165, 1.54) is 0 Å². The van der Waals surface area contributed by atoms with Crippen molar-refractivity contribution in [2.75, 3.05) is 67.1 Å². The average molecular weight is 482 g/mol. The van der Waals surface area contributed by atoms with Crippen LogP contribution < -0.4 is 14.2 Å². The summed E-state index contributed by atoms with van der Waals surface area (Å²) in [5.74, 6) is 1.99. The number of carbonyl (C=O) groups is 2. The van der Waals surface area contributed by atoms with Crippen molar-refractivity contribution in [2.24, 2.45) is 0 Å². The number of hydrogen-bond donors (Lipinski definition) is 0. The summed E-state index contributed by atoms with van der Waals surface area (Å²) in [7, 11) is 4.79. The highest BCUT2D eigenvalue weighted by atomic mass is 16.5. The molecule has 8 heteroatoms. The first-order valence-corrected chi connectivity index (χ1v) is 11.7. The van der Waals surface area contributed by atoms with Gasteiger partial charge >= 0.3 is 0 Å². The van der Waals surface area contributed by atoms with Crippen LogP contribution in [0.25, 0.3) is 6.08 Å². The van der Waals surface area contributed by atoms with Gasteiger partial charge in [-0.1, -0.05) is 30.4 Å². The first-order valence-electron chi connectivity index (χ1n) is 11.7. The van der Waals surface area contributed by atoms with Gasteiger partial charge in [0, 0.05) is 69.9 Å². The third kappa shape index (κ3) is 7.23. The van der Waals surface area contributed by atoms with Gasteiger partial charge in [0.2, 0.25) is 5.91 Å². The van der Waals surface area contributed by atoms with E-state index in [1.807, 2.05) is 46.2 Å². The topological polar surface area (TPSA) is 71.6 Å². The van der Waals surface area contributed by atoms with Crippen LogP contribution in [0, 0.1) is 0 Å². The van der Waals surface area contributed by atoms with E-state index in [9.17, 15) is 9.59 Å². The molecule has 0 aromatic heterocycles. The molecule has 1 aliphatic rings. The summed E-state index contributed by atoms with van der Waals surface area (Å²) in [6.07, 6.45) is 3.96. The molecule has 0 saturated carbocycles.